The molecule has 4 nitrogen and oxygen atoms in total. The van der Waals surface area contributed by atoms with Gasteiger partial charge in [-0.15, -0.1) is 0 Å². The second-order valence-corrected chi connectivity index (χ2v) is 5.67. The number of para-hydroxylation sites is 1. The molecule has 0 saturated carbocycles. The second-order valence-electron chi connectivity index (χ2n) is 5.67. The minimum Gasteiger partial charge on any atom is -0.550 e. The first-order valence-corrected chi connectivity index (χ1v) is 7.58. The first-order chi connectivity index (χ1) is 10.1. The van der Waals surface area contributed by atoms with Crippen LogP contribution in [0.25, 0.3) is 10.9 Å². The molecule has 2 heterocycles. The van der Waals surface area contributed by atoms with Crippen molar-refractivity contribution in [1.29, 1.82) is 0 Å². The monoisotopic (exact) mass is 325 g/mol. The SMILES string of the molecule is CCc1cccc2c3c([nH]c12)[C@@](CC)(CC(=O)[O-])OCC3.[K+]. The van der Waals surface area contributed by atoms with E-state index >= 15 is 0 Å². The topological polar surface area (TPSA) is 65.2 Å². The fourth-order valence-electron chi connectivity index (χ4n) is 3.47. The van der Waals surface area contributed by atoms with E-state index in [0.717, 1.165) is 24.1 Å². The Morgan fingerprint density at radius 3 is 2.82 bits per heavy atom. The van der Waals surface area contributed by atoms with E-state index in [-0.39, 0.29) is 57.8 Å². The van der Waals surface area contributed by atoms with Gasteiger partial charge in [-0.2, -0.15) is 0 Å². The third kappa shape index (κ3) is 2.95. The first-order valence-electron chi connectivity index (χ1n) is 7.58. The number of aromatic amines is 1. The molecule has 1 aliphatic rings. The van der Waals surface area contributed by atoms with Gasteiger partial charge in [-0.05, 0) is 30.4 Å². The number of nitrogens with one attached hydrogen (secondary N) is 1. The Morgan fingerprint density at radius 2 is 2.18 bits per heavy atom. The van der Waals surface area contributed by atoms with Crippen molar-refractivity contribution >= 4 is 16.9 Å². The van der Waals surface area contributed by atoms with Crippen LogP contribution in [0.2, 0.25) is 0 Å². The van der Waals surface area contributed by atoms with Gasteiger partial charge < -0.3 is 19.6 Å². The van der Waals surface area contributed by atoms with Crippen LogP contribution in [0.4, 0.5) is 0 Å². The number of benzene rings is 1. The number of aromatic nitrogens is 1. The van der Waals surface area contributed by atoms with Crippen molar-refractivity contribution in [2.24, 2.45) is 0 Å². The van der Waals surface area contributed by atoms with Crippen LogP contribution in [-0.4, -0.2) is 17.6 Å². The summed E-state index contributed by atoms with van der Waals surface area (Å²) < 4.78 is 5.90. The molecule has 1 aliphatic heterocycles. The Bertz CT molecular complexity index is 695. The molecule has 0 bridgehead atoms. The maximum absolute atomic E-state index is 11.2. The summed E-state index contributed by atoms with van der Waals surface area (Å²) in [5.74, 6) is -1.07. The fraction of sp³-hybridized carbons (Fsp3) is 0.471. The Labute approximate surface area is 173 Å². The molecule has 22 heavy (non-hydrogen) atoms. The van der Waals surface area contributed by atoms with Crippen LogP contribution in [-0.2, 0) is 28.0 Å². The predicted octanol–water partition coefficient (Wildman–Crippen LogP) is -0.948. The molecule has 0 unspecified atom stereocenters. The van der Waals surface area contributed by atoms with Gasteiger partial charge in [0, 0.05) is 23.3 Å². The van der Waals surface area contributed by atoms with Crippen LogP contribution in [0.3, 0.4) is 0 Å². The van der Waals surface area contributed by atoms with Crippen molar-refractivity contribution in [3.05, 3.63) is 35.0 Å². The van der Waals surface area contributed by atoms with Gasteiger partial charge in [-0.1, -0.05) is 32.0 Å². The number of hydrogen-bond donors (Lipinski definition) is 1. The van der Waals surface area contributed by atoms with Crippen molar-refractivity contribution in [3.63, 3.8) is 0 Å². The van der Waals surface area contributed by atoms with Crippen molar-refractivity contribution in [3.8, 4) is 0 Å². The summed E-state index contributed by atoms with van der Waals surface area (Å²) in [6.45, 7) is 4.64. The summed E-state index contributed by atoms with van der Waals surface area (Å²) in [5.41, 5.74) is 3.72. The summed E-state index contributed by atoms with van der Waals surface area (Å²) in [4.78, 5) is 14.6. The standard InChI is InChI=1S/C17H21NO3.K/c1-3-11-6-5-7-12-13-8-9-21-17(4-2,10-14(19)20)16(13)18-15(11)12;/h5-7,18H,3-4,8-10H2,1-2H3,(H,19,20);/q;+1/p-1/t17-;/m1./s1. The zero-order chi connectivity index (χ0) is 15.0. The van der Waals surface area contributed by atoms with Gasteiger partial charge in [-0.3, -0.25) is 0 Å². The number of ether oxygens (including phenoxy) is 1. The molecular formula is C17H20KNO3. The number of carbonyl (C=O) groups excluding carboxylic acids is 1. The van der Waals surface area contributed by atoms with E-state index in [9.17, 15) is 9.90 Å². The number of aryl methyl sites for hydroxylation is 1. The number of aliphatic carboxylic acids is 1. The van der Waals surface area contributed by atoms with E-state index in [1.54, 1.807) is 0 Å². The molecule has 0 fully saturated rings. The predicted molar refractivity (Wildman–Crippen MR) is 78.9 cm³/mol. The van der Waals surface area contributed by atoms with Gasteiger partial charge in [0.05, 0.1) is 12.3 Å². The number of fused-ring (bicyclic) bond motifs is 3. The quantitative estimate of drug-likeness (QED) is 0.738. The zero-order valence-corrected chi connectivity index (χ0v) is 16.6. The molecule has 1 aromatic heterocycles. The largest absolute Gasteiger partial charge is 1.00 e. The van der Waals surface area contributed by atoms with E-state index in [0.29, 0.717) is 13.0 Å². The first kappa shape index (κ1) is 18.2. The van der Waals surface area contributed by atoms with Crippen molar-refractivity contribution < 1.29 is 66.0 Å². The van der Waals surface area contributed by atoms with Crippen LogP contribution in [0, 0.1) is 0 Å². The van der Waals surface area contributed by atoms with Crippen molar-refractivity contribution in [2.45, 2.75) is 45.1 Å². The van der Waals surface area contributed by atoms with Gasteiger partial charge in [0.25, 0.3) is 0 Å². The maximum Gasteiger partial charge on any atom is 1.00 e. The molecule has 1 atom stereocenters. The molecule has 112 valence electrons. The Morgan fingerprint density at radius 1 is 1.41 bits per heavy atom. The Hall–Kier alpha value is -0.174. The van der Waals surface area contributed by atoms with Crippen LogP contribution in [0.15, 0.2) is 18.2 Å². The van der Waals surface area contributed by atoms with Crippen molar-refractivity contribution in [1.82, 2.24) is 4.98 Å². The van der Waals surface area contributed by atoms with Crippen LogP contribution >= 0.6 is 0 Å². The summed E-state index contributed by atoms with van der Waals surface area (Å²) in [6, 6.07) is 6.28. The summed E-state index contributed by atoms with van der Waals surface area (Å²) in [5, 5.41) is 12.4. The second kappa shape index (κ2) is 7.15. The molecule has 1 N–H and O–H groups in total. The Balaban J connectivity index is 0.00000176. The summed E-state index contributed by atoms with van der Waals surface area (Å²) >= 11 is 0. The van der Waals surface area contributed by atoms with Crippen molar-refractivity contribution in [2.75, 3.05) is 6.61 Å². The minimum atomic E-state index is -1.07. The third-order valence-corrected chi connectivity index (χ3v) is 4.60. The third-order valence-electron chi connectivity index (χ3n) is 4.60. The maximum atomic E-state index is 11.2. The fourth-order valence-corrected chi connectivity index (χ4v) is 3.47. The van der Waals surface area contributed by atoms with Gasteiger partial charge >= 0.3 is 51.4 Å². The summed E-state index contributed by atoms with van der Waals surface area (Å²) in [6.07, 6.45) is 2.27. The summed E-state index contributed by atoms with van der Waals surface area (Å²) in [7, 11) is 0. The number of H-pyrrole nitrogens is 1. The number of carboxylic acids is 1. The number of carbonyl (C=O) groups is 1. The minimum absolute atomic E-state index is 0. The normalized spacial score (nSPS) is 20.5. The average molecular weight is 325 g/mol. The zero-order valence-electron chi connectivity index (χ0n) is 13.5. The molecule has 5 heteroatoms. The van der Waals surface area contributed by atoms with E-state index in [1.807, 2.05) is 6.92 Å². The van der Waals surface area contributed by atoms with E-state index in [1.165, 1.54) is 16.5 Å². The number of carboxylic acid groups (broad SMARTS) is 1. The smallest absolute Gasteiger partial charge is 0.550 e. The molecule has 0 radical (unpaired) electrons. The average Bonchev–Trinajstić information content (AvgIpc) is 2.87. The van der Waals surface area contributed by atoms with Gasteiger partial charge in [0.2, 0.25) is 0 Å². The van der Waals surface area contributed by atoms with E-state index in [4.69, 9.17) is 4.74 Å². The van der Waals surface area contributed by atoms with E-state index < -0.39 is 11.6 Å². The molecule has 2 aromatic rings. The number of hydrogen-bond acceptors (Lipinski definition) is 3. The van der Waals surface area contributed by atoms with Crippen LogP contribution in [0.1, 0.15) is 43.5 Å². The number of rotatable bonds is 4. The molecule has 0 aliphatic carbocycles. The van der Waals surface area contributed by atoms with Gasteiger partial charge in [-0.25, -0.2) is 0 Å². The Kier molecular flexibility index (Phi) is 5.91. The van der Waals surface area contributed by atoms with Crippen LogP contribution in [0.5, 0.6) is 0 Å². The van der Waals surface area contributed by atoms with Crippen LogP contribution < -0.4 is 56.5 Å². The van der Waals surface area contributed by atoms with Gasteiger partial charge in [0.15, 0.2) is 0 Å². The van der Waals surface area contributed by atoms with E-state index in [2.05, 4.69) is 30.1 Å². The molecule has 1 aromatic carbocycles. The molecular weight excluding hydrogens is 305 g/mol. The molecule has 3 rings (SSSR count). The van der Waals surface area contributed by atoms with Gasteiger partial charge in [0.1, 0.15) is 5.60 Å². The molecule has 0 amide bonds. The molecule has 0 saturated heterocycles. The molecule has 0 spiro atoms.